The van der Waals surface area contributed by atoms with E-state index in [9.17, 15) is 14.9 Å². The molecule has 5 rings (SSSR count). The monoisotopic (exact) mass is 539 g/mol. The molecule has 0 atom stereocenters. The summed E-state index contributed by atoms with van der Waals surface area (Å²) in [5.41, 5.74) is 5.86. The largest absolute Gasteiger partial charge is 0.491 e. The van der Waals surface area contributed by atoms with Gasteiger partial charge in [-0.15, -0.1) is 0 Å². The first-order valence-corrected chi connectivity index (χ1v) is 12.7. The van der Waals surface area contributed by atoms with Gasteiger partial charge < -0.3 is 25.0 Å². The average molecular weight is 540 g/mol. The number of methoxy groups -OCH3 is 1. The topological polar surface area (TPSA) is 119 Å². The SMILES string of the molecule is COc1cc(-c2ccc3c(c2)Nc2ccc(CCOc4cccnc4CN(C)C)cc2NC3=O)ccc1[N+](=O)[O-]. The summed E-state index contributed by atoms with van der Waals surface area (Å²) in [6.07, 6.45) is 2.41. The second-order valence-corrected chi connectivity index (χ2v) is 9.65. The van der Waals surface area contributed by atoms with Gasteiger partial charge in [0.15, 0.2) is 5.75 Å². The van der Waals surface area contributed by atoms with E-state index in [1.165, 1.54) is 13.2 Å². The van der Waals surface area contributed by atoms with Crippen LogP contribution >= 0.6 is 0 Å². The zero-order valence-corrected chi connectivity index (χ0v) is 22.4. The van der Waals surface area contributed by atoms with Gasteiger partial charge in [-0.2, -0.15) is 0 Å². The van der Waals surface area contributed by atoms with Crippen LogP contribution in [0.1, 0.15) is 21.6 Å². The van der Waals surface area contributed by atoms with Crippen LogP contribution in [0, 0.1) is 10.1 Å². The minimum atomic E-state index is -0.482. The van der Waals surface area contributed by atoms with E-state index >= 15 is 0 Å². The van der Waals surface area contributed by atoms with Gasteiger partial charge in [0.1, 0.15) is 5.75 Å². The summed E-state index contributed by atoms with van der Waals surface area (Å²) < 4.78 is 11.3. The lowest BCUT2D eigenvalue weighted by molar-refractivity contribution is -0.385. The van der Waals surface area contributed by atoms with Gasteiger partial charge in [-0.05, 0) is 79.3 Å². The predicted octanol–water partition coefficient (Wildman–Crippen LogP) is 5.66. The van der Waals surface area contributed by atoms with Crippen molar-refractivity contribution in [2.45, 2.75) is 13.0 Å². The van der Waals surface area contributed by atoms with Gasteiger partial charge in [-0.25, -0.2) is 0 Å². The molecule has 40 heavy (non-hydrogen) atoms. The number of pyridine rings is 1. The standard InChI is InChI=1S/C30H29N5O5/c1-34(2)18-26-28(5-4-13-31-26)40-14-12-19-6-10-23-25(15-19)33-30(36)22-9-7-20(16-24(22)32-23)21-8-11-27(35(37)38)29(17-21)39-3/h4-11,13,15-17,32H,12,14,18H2,1-3H3,(H,33,36). The Morgan fingerprint density at radius 3 is 2.50 bits per heavy atom. The van der Waals surface area contributed by atoms with Crippen LogP contribution in [0.3, 0.4) is 0 Å². The number of benzene rings is 3. The van der Waals surface area contributed by atoms with E-state index < -0.39 is 4.92 Å². The Kier molecular flexibility index (Phi) is 7.61. The Bertz CT molecular complexity index is 1590. The highest BCUT2D eigenvalue weighted by Crippen LogP contribution is 2.37. The molecule has 1 aliphatic rings. The Morgan fingerprint density at radius 1 is 0.925 bits per heavy atom. The molecule has 0 bridgehead atoms. The van der Waals surface area contributed by atoms with Crippen molar-refractivity contribution in [3.05, 3.63) is 99.9 Å². The highest BCUT2D eigenvalue weighted by Gasteiger charge is 2.21. The molecule has 10 nitrogen and oxygen atoms in total. The first-order valence-electron chi connectivity index (χ1n) is 12.7. The van der Waals surface area contributed by atoms with Gasteiger partial charge in [0.05, 0.1) is 47.0 Å². The van der Waals surface area contributed by atoms with E-state index in [2.05, 4.69) is 15.6 Å². The van der Waals surface area contributed by atoms with E-state index in [1.807, 2.05) is 61.5 Å². The number of fused-ring (bicyclic) bond motifs is 2. The molecule has 0 aliphatic carbocycles. The number of rotatable bonds is 9. The van der Waals surface area contributed by atoms with Crippen LogP contribution in [0.2, 0.25) is 0 Å². The Balaban J connectivity index is 1.33. The fraction of sp³-hybridized carbons (Fsp3) is 0.200. The van der Waals surface area contributed by atoms with Gasteiger partial charge in [-0.3, -0.25) is 19.9 Å². The Morgan fingerprint density at radius 2 is 1.73 bits per heavy atom. The molecule has 0 fully saturated rings. The number of carbonyl (C=O) groups excluding carboxylic acids is 1. The van der Waals surface area contributed by atoms with E-state index in [1.54, 1.807) is 24.4 Å². The molecule has 2 N–H and O–H groups in total. The quantitative estimate of drug-likeness (QED) is 0.207. The summed E-state index contributed by atoms with van der Waals surface area (Å²) >= 11 is 0. The van der Waals surface area contributed by atoms with Gasteiger partial charge in [-0.1, -0.05) is 12.1 Å². The van der Waals surface area contributed by atoms with E-state index in [0.717, 1.165) is 33.8 Å². The van der Waals surface area contributed by atoms with Crippen molar-refractivity contribution >= 4 is 28.7 Å². The number of nitrogens with one attached hydrogen (secondary N) is 2. The minimum absolute atomic E-state index is 0.108. The van der Waals surface area contributed by atoms with Crippen LogP contribution in [-0.4, -0.2) is 48.5 Å². The Hall–Kier alpha value is -4.96. The molecular formula is C30H29N5O5. The second kappa shape index (κ2) is 11.4. The molecule has 204 valence electrons. The van der Waals surface area contributed by atoms with Crippen molar-refractivity contribution in [1.29, 1.82) is 0 Å². The number of nitro groups is 1. The molecule has 1 aromatic heterocycles. The molecule has 1 amide bonds. The number of hydrogen-bond donors (Lipinski definition) is 2. The van der Waals surface area contributed by atoms with Crippen LogP contribution in [0.5, 0.6) is 11.5 Å². The van der Waals surface area contributed by atoms with Crippen LogP contribution in [0.25, 0.3) is 11.1 Å². The number of carbonyl (C=O) groups is 1. The molecule has 10 heteroatoms. The van der Waals surface area contributed by atoms with Crippen molar-refractivity contribution in [3.8, 4) is 22.6 Å². The van der Waals surface area contributed by atoms with E-state index in [-0.39, 0.29) is 17.3 Å². The average Bonchev–Trinajstić information content (AvgIpc) is 3.08. The molecule has 0 saturated heterocycles. The lowest BCUT2D eigenvalue weighted by Gasteiger charge is -2.14. The maximum absolute atomic E-state index is 13.1. The number of hydrogen-bond acceptors (Lipinski definition) is 8. The summed E-state index contributed by atoms with van der Waals surface area (Å²) in [5.74, 6) is 0.700. The zero-order valence-electron chi connectivity index (χ0n) is 22.4. The predicted molar refractivity (Wildman–Crippen MR) is 154 cm³/mol. The number of anilines is 3. The normalized spacial score (nSPS) is 12.1. The second-order valence-electron chi connectivity index (χ2n) is 9.65. The van der Waals surface area contributed by atoms with Crippen LogP contribution in [0.4, 0.5) is 22.7 Å². The van der Waals surface area contributed by atoms with Gasteiger partial charge in [0.25, 0.3) is 5.91 Å². The molecule has 0 radical (unpaired) electrons. The number of nitrogens with zero attached hydrogens (tertiary/aromatic N) is 3. The van der Waals surface area contributed by atoms with Crippen LogP contribution in [-0.2, 0) is 13.0 Å². The number of amides is 1. The third kappa shape index (κ3) is 5.71. The maximum Gasteiger partial charge on any atom is 0.310 e. The molecular weight excluding hydrogens is 510 g/mol. The molecule has 4 aromatic rings. The van der Waals surface area contributed by atoms with Crippen molar-refractivity contribution in [1.82, 2.24) is 9.88 Å². The molecule has 1 aliphatic heterocycles. The maximum atomic E-state index is 13.1. The first kappa shape index (κ1) is 26.6. The highest BCUT2D eigenvalue weighted by atomic mass is 16.6. The van der Waals surface area contributed by atoms with Crippen molar-refractivity contribution < 1.29 is 19.2 Å². The third-order valence-electron chi connectivity index (χ3n) is 6.54. The molecule has 2 heterocycles. The summed E-state index contributed by atoms with van der Waals surface area (Å²) in [6.45, 7) is 1.15. The fourth-order valence-electron chi connectivity index (χ4n) is 4.58. The van der Waals surface area contributed by atoms with Gasteiger partial charge in [0, 0.05) is 25.2 Å². The van der Waals surface area contributed by atoms with Gasteiger partial charge >= 0.3 is 5.69 Å². The van der Waals surface area contributed by atoms with Crippen molar-refractivity contribution in [2.75, 3.05) is 38.4 Å². The lowest BCUT2D eigenvalue weighted by atomic mass is 10.0. The summed E-state index contributed by atoms with van der Waals surface area (Å²) in [5, 5.41) is 17.6. The van der Waals surface area contributed by atoms with Crippen molar-refractivity contribution in [2.24, 2.45) is 0 Å². The summed E-state index contributed by atoms with van der Waals surface area (Å²) in [4.78, 5) is 30.3. The zero-order chi connectivity index (χ0) is 28.2. The first-order chi connectivity index (χ1) is 19.3. The Labute approximate surface area is 231 Å². The third-order valence-corrected chi connectivity index (χ3v) is 6.54. The minimum Gasteiger partial charge on any atom is -0.491 e. The molecule has 0 unspecified atom stereocenters. The van der Waals surface area contributed by atoms with Crippen molar-refractivity contribution in [3.63, 3.8) is 0 Å². The van der Waals surface area contributed by atoms with Gasteiger partial charge in [0.2, 0.25) is 0 Å². The lowest BCUT2D eigenvalue weighted by Crippen LogP contribution is -2.14. The molecule has 0 saturated carbocycles. The number of nitro benzene ring substituents is 1. The van der Waals surface area contributed by atoms with E-state index in [0.29, 0.717) is 36.5 Å². The van der Waals surface area contributed by atoms with E-state index in [4.69, 9.17) is 9.47 Å². The number of aromatic nitrogens is 1. The molecule has 3 aromatic carbocycles. The summed E-state index contributed by atoms with van der Waals surface area (Å²) in [7, 11) is 5.37. The highest BCUT2D eigenvalue weighted by molar-refractivity contribution is 6.12. The fourth-order valence-corrected chi connectivity index (χ4v) is 4.58. The van der Waals surface area contributed by atoms with Crippen LogP contribution < -0.4 is 20.1 Å². The summed E-state index contributed by atoms with van der Waals surface area (Å²) in [6, 6.07) is 19.8. The smallest absolute Gasteiger partial charge is 0.310 e. The van der Waals surface area contributed by atoms with Crippen LogP contribution in [0.15, 0.2) is 72.9 Å². The molecule has 0 spiro atoms. The number of ether oxygens (including phenoxy) is 2.